The van der Waals surface area contributed by atoms with Gasteiger partial charge in [-0.05, 0) is 24.4 Å². The number of aliphatic hydroxyl groups is 1. The predicted molar refractivity (Wildman–Crippen MR) is 65.5 cm³/mol. The van der Waals surface area contributed by atoms with Gasteiger partial charge in [0.15, 0.2) is 0 Å². The fourth-order valence-electron chi connectivity index (χ4n) is 1.40. The molecule has 0 atom stereocenters. The van der Waals surface area contributed by atoms with Gasteiger partial charge in [-0.1, -0.05) is 24.3 Å². The molecule has 3 nitrogen and oxygen atoms in total. The molecule has 0 aromatic heterocycles. The summed E-state index contributed by atoms with van der Waals surface area (Å²) in [6, 6.07) is 11.6. The van der Waals surface area contributed by atoms with Gasteiger partial charge in [0.1, 0.15) is 0 Å². The van der Waals surface area contributed by atoms with E-state index >= 15 is 0 Å². The molecule has 0 heterocycles. The molecule has 2 aromatic rings. The maximum Gasteiger partial charge on any atom is 0.0414 e. The molecule has 0 bridgehead atoms. The number of nitrogens with two attached hydrogens (primary N) is 2. The summed E-state index contributed by atoms with van der Waals surface area (Å²) in [6.07, 6.45) is 0. The first-order valence-corrected chi connectivity index (χ1v) is 4.84. The van der Waals surface area contributed by atoms with Gasteiger partial charge in [0.05, 0.1) is 0 Å². The Bertz CT molecular complexity index is 404. The van der Waals surface area contributed by atoms with Crippen molar-refractivity contribution in [2.45, 2.75) is 6.92 Å². The highest BCUT2D eigenvalue weighted by Gasteiger charge is 1.99. The molecule has 3 heteroatoms. The van der Waals surface area contributed by atoms with Crippen LogP contribution in [0.5, 0.6) is 0 Å². The van der Waals surface area contributed by atoms with Gasteiger partial charge in [-0.3, -0.25) is 0 Å². The van der Waals surface area contributed by atoms with Crippen LogP contribution in [0.15, 0.2) is 36.4 Å². The highest BCUT2D eigenvalue weighted by Crippen LogP contribution is 2.25. The van der Waals surface area contributed by atoms with E-state index in [0.717, 1.165) is 22.1 Å². The van der Waals surface area contributed by atoms with E-state index in [9.17, 15) is 0 Å². The smallest absolute Gasteiger partial charge is 0.0414 e. The molecule has 0 saturated heterocycles. The van der Waals surface area contributed by atoms with Crippen LogP contribution in [0.1, 0.15) is 6.92 Å². The number of anilines is 2. The maximum atomic E-state index is 7.57. The van der Waals surface area contributed by atoms with Crippen LogP contribution in [0.25, 0.3) is 10.8 Å². The van der Waals surface area contributed by atoms with Crippen molar-refractivity contribution in [3.8, 4) is 0 Å². The lowest BCUT2D eigenvalue weighted by atomic mass is 10.1. The van der Waals surface area contributed by atoms with Crippen molar-refractivity contribution in [2.75, 3.05) is 18.1 Å². The fraction of sp³-hybridized carbons (Fsp3) is 0.167. The normalized spacial score (nSPS) is 9.47. The summed E-state index contributed by atoms with van der Waals surface area (Å²) in [7, 11) is 0. The van der Waals surface area contributed by atoms with Crippen molar-refractivity contribution in [1.29, 1.82) is 0 Å². The third-order valence-electron chi connectivity index (χ3n) is 1.97. The highest BCUT2D eigenvalue weighted by atomic mass is 16.2. The standard InChI is InChI=1S/C10H10N2.C2H6O/c11-8-5-1-3-7-4-2-6-9(12)10(7)8;1-2-3/h1-6H,11-12H2;3H,2H2,1H3. The lowest BCUT2D eigenvalue weighted by Crippen LogP contribution is -1.91. The van der Waals surface area contributed by atoms with Gasteiger partial charge in [0, 0.05) is 23.4 Å². The first-order chi connectivity index (χ1) is 7.20. The fourth-order valence-corrected chi connectivity index (χ4v) is 1.40. The Morgan fingerprint density at radius 3 is 1.73 bits per heavy atom. The zero-order chi connectivity index (χ0) is 11.3. The molecule has 0 aliphatic carbocycles. The van der Waals surface area contributed by atoms with E-state index in [4.69, 9.17) is 16.6 Å². The Morgan fingerprint density at radius 1 is 1.00 bits per heavy atom. The molecule has 2 rings (SSSR count). The summed E-state index contributed by atoms with van der Waals surface area (Å²) in [4.78, 5) is 0. The van der Waals surface area contributed by atoms with E-state index in [1.165, 1.54) is 0 Å². The molecule has 0 amide bonds. The summed E-state index contributed by atoms with van der Waals surface area (Å²) < 4.78 is 0. The average molecular weight is 204 g/mol. The minimum atomic E-state index is 0.250. The molecule has 80 valence electrons. The monoisotopic (exact) mass is 204 g/mol. The molecule has 0 fully saturated rings. The van der Waals surface area contributed by atoms with Crippen LogP contribution in [0, 0.1) is 0 Å². The highest BCUT2D eigenvalue weighted by molar-refractivity contribution is 6.01. The summed E-state index contributed by atoms with van der Waals surface area (Å²) >= 11 is 0. The second-order valence-electron chi connectivity index (χ2n) is 3.11. The van der Waals surface area contributed by atoms with Crippen molar-refractivity contribution >= 4 is 22.1 Å². The van der Waals surface area contributed by atoms with E-state index in [1.54, 1.807) is 6.92 Å². The molecule has 5 N–H and O–H groups in total. The van der Waals surface area contributed by atoms with Crippen molar-refractivity contribution in [2.24, 2.45) is 0 Å². The minimum absolute atomic E-state index is 0.250. The van der Waals surface area contributed by atoms with Gasteiger partial charge >= 0.3 is 0 Å². The first-order valence-electron chi connectivity index (χ1n) is 4.84. The average Bonchev–Trinajstić information content (AvgIpc) is 2.19. The van der Waals surface area contributed by atoms with E-state index in [-0.39, 0.29) is 6.61 Å². The zero-order valence-electron chi connectivity index (χ0n) is 8.77. The van der Waals surface area contributed by atoms with Gasteiger partial charge in [0.25, 0.3) is 0 Å². The Hall–Kier alpha value is -1.74. The van der Waals surface area contributed by atoms with Crippen LogP contribution in [-0.4, -0.2) is 11.7 Å². The van der Waals surface area contributed by atoms with Crippen LogP contribution in [-0.2, 0) is 0 Å². The van der Waals surface area contributed by atoms with Gasteiger partial charge < -0.3 is 16.6 Å². The number of hydrogen-bond acceptors (Lipinski definition) is 3. The predicted octanol–water partition coefficient (Wildman–Crippen LogP) is 2.00. The van der Waals surface area contributed by atoms with Gasteiger partial charge in [-0.2, -0.15) is 0 Å². The molecule has 0 aliphatic rings. The number of nitrogen functional groups attached to an aromatic ring is 2. The van der Waals surface area contributed by atoms with Crippen molar-refractivity contribution in [3.05, 3.63) is 36.4 Å². The largest absolute Gasteiger partial charge is 0.398 e. The number of rotatable bonds is 0. The molecule has 0 aliphatic heterocycles. The molecule has 0 radical (unpaired) electrons. The molecule has 0 saturated carbocycles. The third-order valence-corrected chi connectivity index (χ3v) is 1.97. The third kappa shape index (κ3) is 2.60. The summed E-state index contributed by atoms with van der Waals surface area (Å²) in [5.74, 6) is 0. The quantitative estimate of drug-likeness (QED) is 0.575. The Labute approximate surface area is 89.3 Å². The maximum absolute atomic E-state index is 7.57. The van der Waals surface area contributed by atoms with Gasteiger partial charge in [-0.25, -0.2) is 0 Å². The molecule has 15 heavy (non-hydrogen) atoms. The molecular formula is C12H16N2O. The topological polar surface area (TPSA) is 72.3 Å². The van der Waals surface area contributed by atoms with E-state index in [1.807, 2.05) is 36.4 Å². The van der Waals surface area contributed by atoms with Crippen LogP contribution < -0.4 is 11.5 Å². The van der Waals surface area contributed by atoms with Crippen molar-refractivity contribution in [3.63, 3.8) is 0 Å². The second kappa shape index (κ2) is 5.22. The van der Waals surface area contributed by atoms with Gasteiger partial charge in [0.2, 0.25) is 0 Å². The van der Waals surface area contributed by atoms with E-state index in [0.29, 0.717) is 0 Å². The molecule has 2 aromatic carbocycles. The Kier molecular flexibility index (Phi) is 3.94. The lowest BCUT2D eigenvalue weighted by Gasteiger charge is -2.03. The summed E-state index contributed by atoms with van der Waals surface area (Å²) in [5.41, 5.74) is 13.0. The number of benzene rings is 2. The number of hydrogen-bond donors (Lipinski definition) is 3. The van der Waals surface area contributed by atoms with Crippen molar-refractivity contribution in [1.82, 2.24) is 0 Å². The zero-order valence-corrected chi connectivity index (χ0v) is 8.77. The second-order valence-corrected chi connectivity index (χ2v) is 3.11. The van der Waals surface area contributed by atoms with Crippen molar-refractivity contribution < 1.29 is 5.11 Å². The van der Waals surface area contributed by atoms with Crippen LogP contribution in [0.2, 0.25) is 0 Å². The number of aliphatic hydroxyl groups excluding tert-OH is 1. The lowest BCUT2D eigenvalue weighted by molar-refractivity contribution is 0.318. The minimum Gasteiger partial charge on any atom is -0.398 e. The van der Waals surface area contributed by atoms with E-state index in [2.05, 4.69) is 0 Å². The van der Waals surface area contributed by atoms with E-state index < -0.39 is 0 Å². The molecular weight excluding hydrogens is 188 g/mol. The molecule has 0 spiro atoms. The SMILES string of the molecule is CCO.Nc1cccc2cccc(N)c12. The Morgan fingerprint density at radius 2 is 1.40 bits per heavy atom. The summed E-state index contributed by atoms with van der Waals surface area (Å²) in [5, 5.41) is 9.62. The first kappa shape index (κ1) is 11.3. The van der Waals surface area contributed by atoms with Crippen LogP contribution >= 0.6 is 0 Å². The summed E-state index contributed by atoms with van der Waals surface area (Å²) in [6.45, 7) is 1.93. The van der Waals surface area contributed by atoms with Gasteiger partial charge in [-0.15, -0.1) is 0 Å². The van der Waals surface area contributed by atoms with Crippen LogP contribution in [0.3, 0.4) is 0 Å². The number of fused-ring (bicyclic) bond motifs is 1. The molecule has 0 unspecified atom stereocenters. The van der Waals surface area contributed by atoms with Crippen LogP contribution in [0.4, 0.5) is 11.4 Å². The Balaban J connectivity index is 0.000000337.